The van der Waals surface area contributed by atoms with Gasteiger partial charge in [-0.05, 0) is 75.0 Å². The quantitative estimate of drug-likeness (QED) is 0.628. The molecule has 0 aromatic rings. The summed E-state index contributed by atoms with van der Waals surface area (Å²) in [5.41, 5.74) is -0.359. The van der Waals surface area contributed by atoms with Gasteiger partial charge in [0.15, 0.2) is 0 Å². The van der Waals surface area contributed by atoms with Crippen molar-refractivity contribution in [1.29, 1.82) is 0 Å². The first-order valence-corrected chi connectivity index (χ1v) is 10.9. The third-order valence-electron chi connectivity index (χ3n) is 7.98. The van der Waals surface area contributed by atoms with E-state index in [4.69, 9.17) is 0 Å². The maximum Gasteiger partial charge on any atom is 0.309 e. The second-order valence-corrected chi connectivity index (χ2v) is 9.20. The zero-order valence-corrected chi connectivity index (χ0v) is 15.8. The number of hydrogen-bond donors (Lipinski definition) is 1. The van der Waals surface area contributed by atoms with Gasteiger partial charge in [0.2, 0.25) is 0 Å². The molecule has 0 atom stereocenters. The van der Waals surface area contributed by atoms with Gasteiger partial charge in [0.05, 0.1) is 5.41 Å². The van der Waals surface area contributed by atoms with E-state index in [-0.39, 0.29) is 5.41 Å². The Morgan fingerprint density at radius 1 is 0.875 bits per heavy atom. The van der Waals surface area contributed by atoms with Crippen LogP contribution in [0.5, 0.6) is 0 Å². The van der Waals surface area contributed by atoms with Crippen molar-refractivity contribution in [3.05, 3.63) is 0 Å². The molecule has 0 aliphatic heterocycles. The molecular formula is C22H38O2. The first-order chi connectivity index (χ1) is 11.7. The van der Waals surface area contributed by atoms with Gasteiger partial charge in [-0.1, -0.05) is 51.9 Å². The van der Waals surface area contributed by atoms with E-state index >= 15 is 0 Å². The molecule has 2 nitrogen and oxygen atoms in total. The summed E-state index contributed by atoms with van der Waals surface area (Å²) >= 11 is 0. The second-order valence-electron chi connectivity index (χ2n) is 9.20. The molecule has 2 heteroatoms. The summed E-state index contributed by atoms with van der Waals surface area (Å²) in [7, 11) is 0. The summed E-state index contributed by atoms with van der Waals surface area (Å²) < 4.78 is 0. The lowest BCUT2D eigenvalue weighted by Crippen LogP contribution is -2.42. The summed E-state index contributed by atoms with van der Waals surface area (Å²) in [5.74, 6) is 2.83. The third kappa shape index (κ3) is 3.83. The molecule has 0 unspecified atom stereocenters. The maximum atomic E-state index is 12.1. The van der Waals surface area contributed by atoms with Gasteiger partial charge in [-0.2, -0.15) is 0 Å². The number of carboxylic acid groups (broad SMARTS) is 1. The van der Waals surface area contributed by atoms with E-state index in [1.807, 2.05) is 0 Å². The van der Waals surface area contributed by atoms with E-state index in [0.29, 0.717) is 5.92 Å². The molecule has 0 bridgehead atoms. The van der Waals surface area contributed by atoms with Crippen molar-refractivity contribution < 1.29 is 9.90 Å². The summed E-state index contributed by atoms with van der Waals surface area (Å²) in [6.45, 7) is 2.32. The van der Waals surface area contributed by atoms with Gasteiger partial charge in [-0.25, -0.2) is 0 Å². The lowest BCUT2D eigenvalue weighted by atomic mass is 9.59. The average Bonchev–Trinajstić information content (AvgIpc) is 2.63. The summed E-state index contributed by atoms with van der Waals surface area (Å²) in [6.07, 6.45) is 19.0. The molecule has 0 spiro atoms. The minimum Gasteiger partial charge on any atom is -0.481 e. The number of carbonyl (C=O) groups is 1. The van der Waals surface area contributed by atoms with Crippen molar-refractivity contribution in [1.82, 2.24) is 0 Å². The Morgan fingerprint density at radius 2 is 1.42 bits per heavy atom. The highest BCUT2D eigenvalue weighted by Crippen LogP contribution is 2.51. The van der Waals surface area contributed by atoms with Crippen LogP contribution in [0.1, 0.15) is 103 Å². The predicted octanol–water partition coefficient (Wildman–Crippen LogP) is 6.43. The lowest BCUT2D eigenvalue weighted by Gasteiger charge is -2.45. The molecule has 0 heterocycles. The summed E-state index contributed by atoms with van der Waals surface area (Å²) in [6, 6.07) is 0. The number of carboxylic acids is 1. The highest BCUT2D eigenvalue weighted by molar-refractivity contribution is 5.75. The van der Waals surface area contributed by atoms with E-state index in [2.05, 4.69) is 6.92 Å². The average molecular weight is 335 g/mol. The Hall–Kier alpha value is -0.530. The van der Waals surface area contributed by atoms with E-state index < -0.39 is 5.97 Å². The van der Waals surface area contributed by atoms with E-state index in [1.165, 1.54) is 70.6 Å². The van der Waals surface area contributed by atoms with Crippen LogP contribution in [0.15, 0.2) is 0 Å². The van der Waals surface area contributed by atoms with Crippen LogP contribution >= 0.6 is 0 Å². The van der Waals surface area contributed by atoms with E-state index in [0.717, 1.165) is 43.4 Å². The van der Waals surface area contributed by atoms with Crippen molar-refractivity contribution in [2.45, 2.75) is 103 Å². The Balaban J connectivity index is 1.51. The van der Waals surface area contributed by atoms with Crippen LogP contribution in [-0.2, 0) is 4.79 Å². The first kappa shape index (κ1) is 18.3. The SMILES string of the molecule is CCCC1CCC(C2CCC(C3(C(=O)O)CCCCC3)CC2)CC1. The van der Waals surface area contributed by atoms with Gasteiger partial charge < -0.3 is 5.11 Å². The number of hydrogen-bond acceptors (Lipinski definition) is 1. The first-order valence-electron chi connectivity index (χ1n) is 10.9. The van der Waals surface area contributed by atoms with Gasteiger partial charge in [-0.15, -0.1) is 0 Å². The molecule has 0 saturated heterocycles. The third-order valence-corrected chi connectivity index (χ3v) is 7.98. The van der Waals surface area contributed by atoms with Crippen LogP contribution in [0.25, 0.3) is 0 Å². The van der Waals surface area contributed by atoms with Crippen LogP contribution in [0.2, 0.25) is 0 Å². The number of aliphatic carboxylic acids is 1. The topological polar surface area (TPSA) is 37.3 Å². The molecule has 1 N–H and O–H groups in total. The molecular weight excluding hydrogens is 296 g/mol. The molecule has 3 aliphatic carbocycles. The maximum absolute atomic E-state index is 12.1. The minimum absolute atomic E-state index is 0.359. The molecule has 3 aliphatic rings. The summed E-state index contributed by atoms with van der Waals surface area (Å²) in [5, 5.41) is 9.94. The molecule has 3 rings (SSSR count). The molecule has 0 radical (unpaired) electrons. The molecule has 3 saturated carbocycles. The molecule has 0 aromatic heterocycles. The van der Waals surface area contributed by atoms with Gasteiger partial charge in [-0.3, -0.25) is 4.79 Å². The molecule has 24 heavy (non-hydrogen) atoms. The Morgan fingerprint density at radius 3 is 1.92 bits per heavy atom. The molecule has 0 amide bonds. The van der Waals surface area contributed by atoms with Gasteiger partial charge in [0, 0.05) is 0 Å². The van der Waals surface area contributed by atoms with Crippen LogP contribution < -0.4 is 0 Å². The predicted molar refractivity (Wildman–Crippen MR) is 99.0 cm³/mol. The fourth-order valence-electron chi connectivity index (χ4n) is 6.48. The Bertz CT molecular complexity index is 394. The largest absolute Gasteiger partial charge is 0.481 e. The van der Waals surface area contributed by atoms with Crippen LogP contribution in [-0.4, -0.2) is 11.1 Å². The lowest BCUT2D eigenvalue weighted by molar-refractivity contribution is -0.157. The number of rotatable bonds is 5. The fourth-order valence-corrected chi connectivity index (χ4v) is 6.48. The van der Waals surface area contributed by atoms with E-state index in [9.17, 15) is 9.90 Å². The normalized spacial score (nSPS) is 37.0. The summed E-state index contributed by atoms with van der Waals surface area (Å²) in [4.78, 5) is 12.1. The van der Waals surface area contributed by atoms with Crippen LogP contribution in [0.4, 0.5) is 0 Å². The minimum atomic E-state index is -0.481. The van der Waals surface area contributed by atoms with Crippen molar-refractivity contribution in [2.75, 3.05) is 0 Å². The zero-order chi connectivity index (χ0) is 17.0. The molecule has 3 fully saturated rings. The van der Waals surface area contributed by atoms with Crippen molar-refractivity contribution in [3.63, 3.8) is 0 Å². The van der Waals surface area contributed by atoms with E-state index in [1.54, 1.807) is 0 Å². The zero-order valence-electron chi connectivity index (χ0n) is 15.8. The van der Waals surface area contributed by atoms with Crippen molar-refractivity contribution in [2.24, 2.45) is 29.1 Å². The van der Waals surface area contributed by atoms with Gasteiger partial charge in [0.1, 0.15) is 0 Å². The highest BCUT2D eigenvalue weighted by Gasteiger charge is 2.47. The van der Waals surface area contributed by atoms with Gasteiger partial charge >= 0.3 is 5.97 Å². The van der Waals surface area contributed by atoms with Crippen LogP contribution in [0.3, 0.4) is 0 Å². The monoisotopic (exact) mass is 334 g/mol. The Kier molecular flexibility index (Phi) is 6.27. The Labute approximate surface area is 148 Å². The van der Waals surface area contributed by atoms with Crippen molar-refractivity contribution in [3.8, 4) is 0 Å². The van der Waals surface area contributed by atoms with Gasteiger partial charge in [0.25, 0.3) is 0 Å². The molecule has 0 aromatic carbocycles. The second kappa shape index (κ2) is 8.23. The fraction of sp³-hybridized carbons (Fsp3) is 0.955. The highest BCUT2D eigenvalue weighted by atomic mass is 16.4. The van der Waals surface area contributed by atoms with Crippen molar-refractivity contribution >= 4 is 5.97 Å². The molecule has 138 valence electrons. The smallest absolute Gasteiger partial charge is 0.309 e. The standard InChI is InChI=1S/C22H38O2/c1-2-6-17-7-9-18(10-8-17)19-11-13-20(14-12-19)22(21(23)24)15-4-3-5-16-22/h17-20H,2-16H2,1H3,(H,23,24). The van der Waals surface area contributed by atoms with Crippen LogP contribution in [0, 0.1) is 29.1 Å².